The van der Waals surface area contributed by atoms with Crippen molar-refractivity contribution in [2.75, 3.05) is 7.11 Å². The van der Waals surface area contributed by atoms with Crippen LogP contribution >= 0.6 is 0 Å². The van der Waals surface area contributed by atoms with Gasteiger partial charge in [-0.05, 0) is 55.7 Å². The first kappa shape index (κ1) is 19.3. The number of rotatable bonds is 4. The molecular formula is C21H28N2O4. The van der Waals surface area contributed by atoms with Crippen LogP contribution in [0.5, 0.6) is 5.75 Å². The van der Waals surface area contributed by atoms with Gasteiger partial charge in [-0.15, -0.1) is 0 Å². The third-order valence-electron chi connectivity index (χ3n) is 5.76. The van der Waals surface area contributed by atoms with E-state index in [2.05, 4.69) is 24.5 Å². The molecule has 1 aliphatic carbocycles. The van der Waals surface area contributed by atoms with E-state index < -0.39 is 6.04 Å². The van der Waals surface area contributed by atoms with E-state index >= 15 is 0 Å². The molecule has 1 aliphatic heterocycles. The van der Waals surface area contributed by atoms with Crippen molar-refractivity contribution >= 4 is 12.0 Å². The summed E-state index contributed by atoms with van der Waals surface area (Å²) >= 11 is 0. The zero-order chi connectivity index (χ0) is 19.6. The lowest BCUT2D eigenvalue weighted by molar-refractivity contribution is -0.147. The highest BCUT2D eigenvalue weighted by atomic mass is 16.5. The first-order chi connectivity index (χ1) is 12.9. The van der Waals surface area contributed by atoms with Gasteiger partial charge in [0.05, 0.1) is 18.7 Å². The molecule has 0 aromatic heterocycles. The number of benzene rings is 1. The Hall–Kier alpha value is -2.50. The zero-order valence-corrected chi connectivity index (χ0v) is 16.4. The molecule has 27 heavy (non-hydrogen) atoms. The number of amides is 2. The third kappa shape index (κ3) is 4.26. The van der Waals surface area contributed by atoms with Crippen molar-refractivity contribution in [3.63, 3.8) is 0 Å². The summed E-state index contributed by atoms with van der Waals surface area (Å²) in [5, 5.41) is 5.52. The van der Waals surface area contributed by atoms with Crippen molar-refractivity contribution in [1.29, 1.82) is 0 Å². The molecule has 1 fully saturated rings. The summed E-state index contributed by atoms with van der Waals surface area (Å²) in [6.07, 6.45) is 2.76. The van der Waals surface area contributed by atoms with Gasteiger partial charge >= 0.3 is 12.0 Å². The first-order valence-electron chi connectivity index (χ1n) is 9.52. The Morgan fingerprint density at radius 3 is 2.44 bits per heavy atom. The predicted octanol–water partition coefficient (Wildman–Crippen LogP) is 3.69. The van der Waals surface area contributed by atoms with Crippen LogP contribution in [0.1, 0.15) is 51.6 Å². The molecule has 0 saturated heterocycles. The minimum atomic E-state index is -0.544. The second-order valence-electron chi connectivity index (χ2n) is 7.64. The lowest BCUT2D eigenvalue weighted by atomic mass is 9.80. The number of hydrogen-bond donors (Lipinski definition) is 2. The molecule has 0 bridgehead atoms. The SMILES string of the molecule is COc1ccc([C@@H]2NC(=O)NC(C)=C2C(=O)O[C@@H]2CC[C@H](C)[C@H](C)C2)cc1. The zero-order valence-electron chi connectivity index (χ0n) is 16.4. The Morgan fingerprint density at radius 2 is 1.81 bits per heavy atom. The molecule has 146 valence electrons. The number of urea groups is 1. The molecule has 0 radical (unpaired) electrons. The van der Waals surface area contributed by atoms with Crippen molar-refractivity contribution in [2.45, 2.75) is 52.2 Å². The minimum absolute atomic E-state index is 0.0712. The predicted molar refractivity (Wildman–Crippen MR) is 102 cm³/mol. The highest BCUT2D eigenvalue weighted by molar-refractivity contribution is 5.95. The number of hydrogen-bond acceptors (Lipinski definition) is 4. The number of esters is 1. The Morgan fingerprint density at radius 1 is 1.11 bits per heavy atom. The fourth-order valence-electron chi connectivity index (χ4n) is 3.83. The van der Waals surface area contributed by atoms with E-state index in [1.807, 2.05) is 24.3 Å². The van der Waals surface area contributed by atoms with Crippen molar-refractivity contribution in [3.05, 3.63) is 41.1 Å². The maximum Gasteiger partial charge on any atom is 0.338 e. The summed E-state index contributed by atoms with van der Waals surface area (Å²) < 4.78 is 11.0. The Bertz CT molecular complexity index is 741. The molecule has 1 saturated carbocycles. The van der Waals surface area contributed by atoms with Crippen LogP contribution < -0.4 is 15.4 Å². The smallest absolute Gasteiger partial charge is 0.338 e. The molecule has 6 nitrogen and oxygen atoms in total. The third-order valence-corrected chi connectivity index (χ3v) is 5.76. The molecule has 2 N–H and O–H groups in total. The van der Waals surface area contributed by atoms with Gasteiger partial charge in [-0.25, -0.2) is 9.59 Å². The summed E-state index contributed by atoms with van der Waals surface area (Å²) in [4.78, 5) is 25.0. The second kappa shape index (κ2) is 8.03. The van der Waals surface area contributed by atoms with Crippen LogP contribution in [-0.4, -0.2) is 25.2 Å². The van der Waals surface area contributed by atoms with Crippen molar-refractivity contribution in [2.24, 2.45) is 11.8 Å². The van der Waals surface area contributed by atoms with E-state index in [1.165, 1.54) is 0 Å². The van der Waals surface area contributed by atoms with Crippen LogP contribution in [0, 0.1) is 11.8 Å². The first-order valence-corrected chi connectivity index (χ1v) is 9.52. The molecule has 1 aromatic rings. The van der Waals surface area contributed by atoms with Crippen LogP contribution in [0.4, 0.5) is 4.79 Å². The number of carbonyl (C=O) groups excluding carboxylic acids is 2. The average Bonchev–Trinajstić information content (AvgIpc) is 2.64. The standard InChI is InChI=1S/C21H28N2O4/c1-12-5-8-17(11-13(12)2)27-20(24)18-14(3)22-21(25)23-19(18)15-6-9-16(26-4)10-7-15/h6-7,9-10,12-13,17,19H,5,8,11H2,1-4H3,(H2,22,23,25)/t12-,13+,17+,19-/m0/s1. The van der Waals surface area contributed by atoms with Gasteiger partial charge in [0.15, 0.2) is 0 Å². The van der Waals surface area contributed by atoms with Crippen LogP contribution in [0.15, 0.2) is 35.5 Å². The van der Waals surface area contributed by atoms with Gasteiger partial charge in [-0.2, -0.15) is 0 Å². The summed E-state index contributed by atoms with van der Waals surface area (Å²) in [7, 11) is 1.60. The van der Waals surface area contributed by atoms with Gasteiger partial charge in [0.1, 0.15) is 11.9 Å². The van der Waals surface area contributed by atoms with E-state index in [0.29, 0.717) is 28.9 Å². The average molecular weight is 372 g/mol. The summed E-state index contributed by atoms with van der Waals surface area (Å²) in [6.45, 7) is 6.19. The van der Waals surface area contributed by atoms with Crippen molar-refractivity contribution in [3.8, 4) is 5.75 Å². The summed E-state index contributed by atoms with van der Waals surface area (Å²) in [5.41, 5.74) is 1.79. The van der Waals surface area contributed by atoms with Gasteiger partial charge < -0.3 is 20.1 Å². The van der Waals surface area contributed by atoms with Crippen LogP contribution in [0.2, 0.25) is 0 Å². The van der Waals surface area contributed by atoms with Gasteiger partial charge in [-0.3, -0.25) is 0 Å². The molecule has 6 heteroatoms. The second-order valence-corrected chi connectivity index (χ2v) is 7.64. The van der Waals surface area contributed by atoms with Gasteiger partial charge in [0, 0.05) is 5.70 Å². The van der Waals surface area contributed by atoms with E-state index in [4.69, 9.17) is 9.47 Å². The van der Waals surface area contributed by atoms with Crippen LogP contribution in [-0.2, 0) is 9.53 Å². The minimum Gasteiger partial charge on any atom is -0.497 e. The molecule has 1 aromatic carbocycles. The Balaban J connectivity index is 1.81. The number of nitrogens with one attached hydrogen (secondary N) is 2. The highest BCUT2D eigenvalue weighted by Crippen LogP contribution is 2.33. The molecule has 0 unspecified atom stereocenters. The maximum atomic E-state index is 13.0. The highest BCUT2D eigenvalue weighted by Gasteiger charge is 2.34. The van der Waals surface area contributed by atoms with Crippen LogP contribution in [0.25, 0.3) is 0 Å². The Kier molecular flexibility index (Phi) is 5.73. The van der Waals surface area contributed by atoms with Crippen LogP contribution in [0.3, 0.4) is 0 Å². The summed E-state index contributed by atoms with van der Waals surface area (Å²) in [6, 6.07) is 6.44. The molecule has 0 spiro atoms. The van der Waals surface area contributed by atoms with Crippen molar-refractivity contribution < 1.29 is 19.1 Å². The van der Waals surface area contributed by atoms with Crippen molar-refractivity contribution in [1.82, 2.24) is 10.6 Å². The topological polar surface area (TPSA) is 76.7 Å². The van der Waals surface area contributed by atoms with E-state index in [9.17, 15) is 9.59 Å². The molecule has 4 atom stereocenters. The van der Waals surface area contributed by atoms with Gasteiger partial charge in [0.2, 0.25) is 0 Å². The number of allylic oxidation sites excluding steroid dienone is 1. The summed E-state index contributed by atoms with van der Waals surface area (Å²) in [5.74, 6) is 1.54. The lowest BCUT2D eigenvalue weighted by Gasteiger charge is -2.33. The molecular weight excluding hydrogens is 344 g/mol. The fourth-order valence-corrected chi connectivity index (χ4v) is 3.83. The number of methoxy groups -OCH3 is 1. The number of carbonyl (C=O) groups is 2. The molecule has 2 amide bonds. The largest absolute Gasteiger partial charge is 0.497 e. The van der Waals surface area contributed by atoms with E-state index in [1.54, 1.807) is 14.0 Å². The Labute approximate surface area is 160 Å². The molecule has 3 rings (SSSR count). The van der Waals surface area contributed by atoms with Gasteiger partial charge in [-0.1, -0.05) is 26.0 Å². The quantitative estimate of drug-likeness (QED) is 0.790. The van der Waals surface area contributed by atoms with E-state index in [-0.39, 0.29) is 18.1 Å². The lowest BCUT2D eigenvalue weighted by Crippen LogP contribution is -2.45. The number of ether oxygens (including phenoxy) is 2. The normalized spacial score (nSPS) is 28.2. The monoisotopic (exact) mass is 372 g/mol. The van der Waals surface area contributed by atoms with Gasteiger partial charge in [0.25, 0.3) is 0 Å². The molecule has 2 aliphatic rings. The maximum absolute atomic E-state index is 13.0. The fraction of sp³-hybridized carbons (Fsp3) is 0.524. The van der Waals surface area contributed by atoms with E-state index in [0.717, 1.165) is 24.8 Å². The molecule has 1 heterocycles.